The van der Waals surface area contributed by atoms with Crippen LogP contribution in [0.2, 0.25) is 0 Å². The van der Waals surface area contributed by atoms with Gasteiger partial charge in [0.05, 0.1) is 0 Å². The van der Waals surface area contributed by atoms with Gasteiger partial charge in [-0.1, -0.05) is 48.5 Å². The van der Waals surface area contributed by atoms with Crippen LogP contribution in [-0.4, -0.2) is 4.21 Å². The van der Waals surface area contributed by atoms with Crippen molar-refractivity contribution in [2.45, 2.75) is 0 Å². The Bertz CT molecular complexity index is 859. The van der Waals surface area contributed by atoms with Gasteiger partial charge in [-0.05, 0) is 70.8 Å². The third-order valence-corrected chi connectivity index (χ3v) is 4.31. The van der Waals surface area contributed by atoms with Crippen LogP contribution >= 0.6 is 0 Å². The molecule has 4 aromatic rings. The number of nitrogen functional groups attached to an aromatic ring is 4. The normalized spacial score (nSPS) is 9.47. The molecular weight excluding hydrogens is 392 g/mol. The Morgan fingerprint density at radius 1 is 0.333 bits per heavy atom. The van der Waals surface area contributed by atoms with Crippen LogP contribution in [0.4, 0.5) is 22.7 Å². The Morgan fingerprint density at radius 3 is 0.600 bits per heavy atom. The highest BCUT2D eigenvalue weighted by Crippen LogP contribution is 2.22. The molecule has 0 fully saturated rings. The number of benzene rings is 4. The maximum absolute atomic E-state index is 7.83. The molecule has 4 aromatic carbocycles. The van der Waals surface area contributed by atoms with Crippen LogP contribution in [0.15, 0.2) is 97.1 Å². The maximum Gasteiger partial charge on any atom is 0.197 e. The Balaban J connectivity index is 0.000000197. The van der Waals surface area contributed by atoms with E-state index in [4.69, 9.17) is 27.1 Å². The number of hydrogen-bond donors (Lipinski definition) is 4. The summed E-state index contributed by atoms with van der Waals surface area (Å²) in [5.74, 6) is 0. The van der Waals surface area contributed by atoms with E-state index in [-0.39, 0.29) is 0 Å². The van der Waals surface area contributed by atoms with Crippen molar-refractivity contribution in [1.29, 1.82) is 0 Å². The van der Waals surface area contributed by atoms with Crippen molar-refractivity contribution >= 4 is 35.3 Å². The summed E-state index contributed by atoms with van der Waals surface area (Å²) in [5, 5.41) is 0. The molecule has 0 atom stereocenters. The van der Waals surface area contributed by atoms with Crippen molar-refractivity contribution in [3.05, 3.63) is 97.1 Å². The molecule has 0 heterocycles. The SMILES string of the molecule is Nc1ccc(-c2ccc(N)cc2)cc1.Nc1ccc(-c2ccc(N)cc2)cc1.O=S. The van der Waals surface area contributed by atoms with E-state index in [0.717, 1.165) is 45.0 Å². The third kappa shape index (κ3) is 6.61. The van der Waals surface area contributed by atoms with Crippen molar-refractivity contribution in [3.63, 3.8) is 0 Å². The molecule has 8 N–H and O–H groups in total. The van der Waals surface area contributed by atoms with Gasteiger partial charge in [0.15, 0.2) is 12.5 Å². The first-order valence-electron chi connectivity index (χ1n) is 9.11. The summed E-state index contributed by atoms with van der Waals surface area (Å²) in [7, 11) is 0. The van der Waals surface area contributed by atoms with E-state index in [9.17, 15) is 0 Å². The van der Waals surface area contributed by atoms with Gasteiger partial charge in [-0.25, -0.2) is 0 Å². The summed E-state index contributed by atoms with van der Waals surface area (Å²) in [4.78, 5) is 0. The first-order chi connectivity index (χ1) is 14.5. The molecule has 0 unspecified atom stereocenters. The van der Waals surface area contributed by atoms with Crippen molar-refractivity contribution in [2.24, 2.45) is 0 Å². The van der Waals surface area contributed by atoms with Crippen LogP contribution in [0.25, 0.3) is 22.3 Å². The van der Waals surface area contributed by atoms with Gasteiger partial charge >= 0.3 is 0 Å². The van der Waals surface area contributed by atoms with E-state index in [2.05, 4.69) is 12.5 Å². The van der Waals surface area contributed by atoms with Gasteiger partial charge in [0.25, 0.3) is 0 Å². The van der Waals surface area contributed by atoms with E-state index in [1.807, 2.05) is 97.1 Å². The topological polar surface area (TPSA) is 121 Å². The molecule has 0 aliphatic rings. The second-order valence-electron chi connectivity index (χ2n) is 6.49. The zero-order valence-corrected chi connectivity index (χ0v) is 17.2. The van der Waals surface area contributed by atoms with Gasteiger partial charge in [0.2, 0.25) is 0 Å². The summed E-state index contributed by atoms with van der Waals surface area (Å²) in [6, 6.07) is 31.2. The highest BCUT2D eigenvalue weighted by atomic mass is 32.1. The highest BCUT2D eigenvalue weighted by molar-refractivity contribution is 7.44. The summed E-state index contributed by atoms with van der Waals surface area (Å²) in [5.41, 5.74) is 30.2. The van der Waals surface area contributed by atoms with Crippen molar-refractivity contribution in [3.8, 4) is 22.3 Å². The molecule has 6 heteroatoms. The molecule has 4 rings (SSSR count). The smallest absolute Gasteiger partial charge is 0.197 e. The van der Waals surface area contributed by atoms with Crippen LogP contribution < -0.4 is 22.9 Å². The van der Waals surface area contributed by atoms with Gasteiger partial charge < -0.3 is 22.9 Å². The summed E-state index contributed by atoms with van der Waals surface area (Å²) >= 11 is 2.83. The molecule has 0 aliphatic carbocycles. The Labute approximate surface area is 181 Å². The lowest BCUT2D eigenvalue weighted by Crippen LogP contribution is -1.85. The second-order valence-corrected chi connectivity index (χ2v) is 6.49. The first kappa shape index (κ1) is 22.4. The molecule has 0 spiro atoms. The fourth-order valence-corrected chi connectivity index (χ4v) is 2.70. The van der Waals surface area contributed by atoms with Crippen LogP contribution in [0.5, 0.6) is 0 Å². The minimum Gasteiger partial charge on any atom is -0.399 e. The quantitative estimate of drug-likeness (QED) is 0.351. The monoisotopic (exact) mass is 416 g/mol. The van der Waals surface area contributed by atoms with Crippen LogP contribution in [-0.2, 0) is 12.5 Å². The number of hydrogen-bond acceptors (Lipinski definition) is 6. The summed E-state index contributed by atoms with van der Waals surface area (Å²) in [6.45, 7) is 0. The average molecular weight is 417 g/mol. The third-order valence-electron chi connectivity index (χ3n) is 4.31. The summed E-state index contributed by atoms with van der Waals surface area (Å²) in [6.07, 6.45) is 0. The van der Waals surface area contributed by atoms with Crippen LogP contribution in [0.3, 0.4) is 0 Å². The van der Waals surface area contributed by atoms with E-state index >= 15 is 0 Å². The Morgan fingerprint density at radius 2 is 0.467 bits per heavy atom. The lowest BCUT2D eigenvalue weighted by Gasteiger charge is -2.02. The van der Waals surface area contributed by atoms with Gasteiger partial charge in [-0.15, -0.1) is 0 Å². The van der Waals surface area contributed by atoms with E-state index in [1.54, 1.807) is 0 Å². The lowest BCUT2D eigenvalue weighted by molar-refractivity contribution is 0.702. The minimum absolute atomic E-state index is 0.782. The number of rotatable bonds is 2. The van der Waals surface area contributed by atoms with Crippen LogP contribution in [0.1, 0.15) is 0 Å². The zero-order chi connectivity index (χ0) is 21.9. The van der Waals surface area contributed by atoms with Gasteiger partial charge in [-0.3, -0.25) is 0 Å². The molecule has 0 radical (unpaired) electrons. The van der Waals surface area contributed by atoms with Crippen molar-refractivity contribution in [1.82, 2.24) is 0 Å². The van der Waals surface area contributed by atoms with E-state index in [1.165, 1.54) is 0 Å². The Hall–Kier alpha value is -3.90. The average Bonchev–Trinajstić information content (AvgIpc) is 2.78. The number of nitrogens with two attached hydrogens (primary N) is 4. The fraction of sp³-hybridized carbons (Fsp3) is 0. The Kier molecular flexibility index (Phi) is 8.35. The maximum atomic E-state index is 7.83. The molecule has 0 saturated heterocycles. The first-order valence-corrected chi connectivity index (χ1v) is 9.44. The molecule has 0 bridgehead atoms. The standard InChI is InChI=1S/2C12H12N2.OS/c2*13-11-5-1-9(2-6-11)10-3-7-12(14)8-4-10;1-2/h2*1-8H,13-14H2;. The van der Waals surface area contributed by atoms with E-state index < -0.39 is 0 Å². The largest absolute Gasteiger partial charge is 0.399 e. The lowest BCUT2D eigenvalue weighted by atomic mass is 10.1. The molecule has 0 saturated carbocycles. The molecule has 0 aromatic heterocycles. The number of anilines is 4. The van der Waals surface area contributed by atoms with Gasteiger partial charge in [-0.2, -0.15) is 4.21 Å². The van der Waals surface area contributed by atoms with Gasteiger partial charge in [0.1, 0.15) is 0 Å². The van der Waals surface area contributed by atoms with Crippen molar-refractivity contribution in [2.75, 3.05) is 22.9 Å². The zero-order valence-electron chi connectivity index (χ0n) is 16.4. The van der Waals surface area contributed by atoms with Crippen molar-refractivity contribution < 1.29 is 4.21 Å². The predicted octanol–water partition coefficient (Wildman–Crippen LogP) is 4.70. The minimum atomic E-state index is 0.782. The molecule has 0 amide bonds. The highest BCUT2D eigenvalue weighted by Gasteiger charge is 1.97. The molecule has 5 nitrogen and oxygen atoms in total. The molecular formula is C24H24N4OS. The van der Waals surface area contributed by atoms with Gasteiger partial charge in [0, 0.05) is 22.7 Å². The summed E-state index contributed by atoms with van der Waals surface area (Å²) < 4.78 is 7.83. The second kappa shape index (κ2) is 11.2. The molecule has 152 valence electrons. The van der Waals surface area contributed by atoms with Crippen LogP contribution in [0, 0.1) is 0 Å². The molecule has 30 heavy (non-hydrogen) atoms. The predicted molar refractivity (Wildman–Crippen MR) is 130 cm³/mol. The van der Waals surface area contributed by atoms with E-state index in [0.29, 0.717) is 0 Å². The fourth-order valence-electron chi connectivity index (χ4n) is 2.70. The molecule has 0 aliphatic heterocycles.